The maximum Gasteiger partial charge on any atom is 0.106 e. The standard InChI is InChI=1S/C10H14ClNOS/c1-10(5-2-6-12-10)9(13)7-3-4-8(11)14-7/h3-4,9,12-13H,2,5-6H2,1H3. The Morgan fingerprint density at radius 1 is 1.64 bits per heavy atom. The number of aliphatic hydroxyl groups excluding tert-OH is 1. The van der Waals surface area contributed by atoms with Gasteiger partial charge in [-0.1, -0.05) is 11.6 Å². The summed E-state index contributed by atoms with van der Waals surface area (Å²) in [5, 5.41) is 13.5. The molecule has 2 atom stereocenters. The Morgan fingerprint density at radius 2 is 2.43 bits per heavy atom. The van der Waals surface area contributed by atoms with Crippen LogP contribution in [-0.2, 0) is 0 Å². The summed E-state index contributed by atoms with van der Waals surface area (Å²) >= 11 is 7.30. The Kier molecular flexibility index (Phi) is 2.84. The van der Waals surface area contributed by atoms with Crippen LogP contribution in [0.4, 0.5) is 0 Å². The van der Waals surface area contributed by atoms with Crippen molar-refractivity contribution in [3.63, 3.8) is 0 Å². The van der Waals surface area contributed by atoms with Crippen LogP contribution >= 0.6 is 22.9 Å². The zero-order chi connectivity index (χ0) is 10.2. The van der Waals surface area contributed by atoms with Crippen LogP contribution in [0.2, 0.25) is 4.34 Å². The van der Waals surface area contributed by atoms with E-state index in [4.69, 9.17) is 11.6 Å². The smallest absolute Gasteiger partial charge is 0.106 e. The SMILES string of the molecule is CC1(C(O)c2ccc(Cl)s2)CCCN1. The monoisotopic (exact) mass is 231 g/mol. The third kappa shape index (κ3) is 1.82. The van der Waals surface area contributed by atoms with E-state index >= 15 is 0 Å². The first kappa shape index (κ1) is 10.4. The second-order valence-electron chi connectivity index (χ2n) is 3.99. The molecule has 1 aliphatic heterocycles. The number of rotatable bonds is 2. The highest BCUT2D eigenvalue weighted by Crippen LogP contribution is 2.37. The normalized spacial score (nSPS) is 29.4. The van der Waals surface area contributed by atoms with Crippen LogP contribution in [0.5, 0.6) is 0 Å². The maximum absolute atomic E-state index is 10.2. The Labute approximate surface area is 92.9 Å². The van der Waals surface area contributed by atoms with Gasteiger partial charge in [0.25, 0.3) is 0 Å². The van der Waals surface area contributed by atoms with E-state index in [2.05, 4.69) is 12.2 Å². The molecule has 1 fully saturated rings. The van der Waals surface area contributed by atoms with Crippen LogP contribution in [0.1, 0.15) is 30.7 Å². The number of nitrogens with one attached hydrogen (secondary N) is 1. The van der Waals surface area contributed by atoms with Crippen molar-refractivity contribution < 1.29 is 5.11 Å². The van der Waals surface area contributed by atoms with Gasteiger partial charge in [-0.25, -0.2) is 0 Å². The van der Waals surface area contributed by atoms with E-state index in [1.54, 1.807) is 0 Å². The number of aliphatic hydroxyl groups is 1. The number of hydrogen-bond donors (Lipinski definition) is 2. The molecule has 14 heavy (non-hydrogen) atoms. The van der Waals surface area contributed by atoms with Crippen molar-refractivity contribution in [1.29, 1.82) is 0 Å². The van der Waals surface area contributed by atoms with Gasteiger partial charge in [-0.3, -0.25) is 0 Å². The van der Waals surface area contributed by atoms with Gasteiger partial charge in [0, 0.05) is 10.4 Å². The summed E-state index contributed by atoms with van der Waals surface area (Å²) in [7, 11) is 0. The molecule has 2 nitrogen and oxygen atoms in total. The van der Waals surface area contributed by atoms with Gasteiger partial charge in [-0.15, -0.1) is 11.3 Å². The third-order valence-electron chi connectivity index (χ3n) is 2.87. The van der Waals surface area contributed by atoms with Crippen LogP contribution < -0.4 is 5.32 Å². The maximum atomic E-state index is 10.2. The lowest BCUT2D eigenvalue weighted by Gasteiger charge is -2.29. The molecule has 0 aromatic carbocycles. The molecule has 0 aliphatic carbocycles. The van der Waals surface area contributed by atoms with Crippen molar-refractivity contribution in [2.45, 2.75) is 31.4 Å². The van der Waals surface area contributed by atoms with E-state index < -0.39 is 6.10 Å². The van der Waals surface area contributed by atoms with Crippen molar-refractivity contribution >= 4 is 22.9 Å². The lowest BCUT2D eigenvalue weighted by molar-refractivity contribution is 0.0847. The van der Waals surface area contributed by atoms with Crippen molar-refractivity contribution in [3.05, 3.63) is 21.3 Å². The summed E-state index contributed by atoms with van der Waals surface area (Å²) in [5.74, 6) is 0. The molecule has 0 radical (unpaired) electrons. The van der Waals surface area contributed by atoms with Gasteiger partial charge in [-0.2, -0.15) is 0 Å². The second kappa shape index (κ2) is 3.81. The molecular weight excluding hydrogens is 218 g/mol. The first-order valence-corrected chi connectivity index (χ1v) is 6.00. The Morgan fingerprint density at radius 3 is 2.93 bits per heavy atom. The quantitative estimate of drug-likeness (QED) is 0.820. The average Bonchev–Trinajstić information content (AvgIpc) is 2.74. The minimum Gasteiger partial charge on any atom is -0.386 e. The van der Waals surface area contributed by atoms with Gasteiger partial charge in [0.2, 0.25) is 0 Å². The van der Waals surface area contributed by atoms with Gasteiger partial charge in [0.05, 0.1) is 4.34 Å². The molecule has 0 amide bonds. The summed E-state index contributed by atoms with van der Waals surface area (Å²) in [5.41, 5.74) is -0.172. The number of hydrogen-bond acceptors (Lipinski definition) is 3. The van der Waals surface area contributed by atoms with Crippen LogP contribution in [0.15, 0.2) is 12.1 Å². The molecule has 2 N–H and O–H groups in total. The molecule has 2 unspecified atom stereocenters. The Bertz CT molecular complexity index is 320. The summed E-state index contributed by atoms with van der Waals surface area (Å²) in [4.78, 5) is 0.951. The molecular formula is C10H14ClNOS. The molecule has 78 valence electrons. The summed E-state index contributed by atoms with van der Waals surface area (Å²) in [6.07, 6.45) is 1.71. The minimum atomic E-state index is -0.442. The van der Waals surface area contributed by atoms with Gasteiger partial charge in [0.15, 0.2) is 0 Å². The van der Waals surface area contributed by atoms with E-state index in [9.17, 15) is 5.11 Å². The van der Waals surface area contributed by atoms with E-state index in [0.717, 1.165) is 28.6 Å². The lowest BCUT2D eigenvalue weighted by Crippen LogP contribution is -2.42. The molecule has 0 spiro atoms. The minimum absolute atomic E-state index is 0.172. The van der Waals surface area contributed by atoms with E-state index in [1.807, 2.05) is 12.1 Å². The predicted octanol–water partition coefficient (Wildman–Crippen LogP) is 2.58. The summed E-state index contributed by atoms with van der Waals surface area (Å²) in [6.45, 7) is 3.06. The largest absolute Gasteiger partial charge is 0.386 e. The van der Waals surface area contributed by atoms with Crippen molar-refractivity contribution in [2.24, 2.45) is 0 Å². The number of thiophene rings is 1. The second-order valence-corrected chi connectivity index (χ2v) is 5.74. The first-order valence-electron chi connectivity index (χ1n) is 4.80. The molecule has 0 saturated carbocycles. The average molecular weight is 232 g/mol. The Balaban J connectivity index is 2.18. The van der Waals surface area contributed by atoms with E-state index in [-0.39, 0.29) is 5.54 Å². The lowest BCUT2D eigenvalue weighted by atomic mass is 9.92. The van der Waals surface area contributed by atoms with Crippen molar-refractivity contribution in [1.82, 2.24) is 5.32 Å². The van der Waals surface area contributed by atoms with Crippen LogP contribution in [0.25, 0.3) is 0 Å². The summed E-state index contributed by atoms with van der Waals surface area (Å²) < 4.78 is 0.737. The van der Waals surface area contributed by atoms with Crippen molar-refractivity contribution in [2.75, 3.05) is 6.54 Å². The highest BCUT2D eigenvalue weighted by Gasteiger charge is 2.37. The van der Waals surface area contributed by atoms with Crippen molar-refractivity contribution in [3.8, 4) is 0 Å². The predicted molar refractivity (Wildman–Crippen MR) is 59.9 cm³/mol. The highest BCUT2D eigenvalue weighted by atomic mass is 35.5. The molecule has 2 heterocycles. The van der Waals surface area contributed by atoms with Gasteiger partial charge in [-0.05, 0) is 38.4 Å². The van der Waals surface area contributed by atoms with Crippen LogP contribution in [0.3, 0.4) is 0 Å². The van der Waals surface area contributed by atoms with Gasteiger partial charge >= 0.3 is 0 Å². The molecule has 1 saturated heterocycles. The number of halogens is 1. The molecule has 2 rings (SSSR count). The topological polar surface area (TPSA) is 32.3 Å². The molecule has 1 aliphatic rings. The van der Waals surface area contributed by atoms with E-state index in [0.29, 0.717) is 0 Å². The molecule has 4 heteroatoms. The first-order chi connectivity index (χ1) is 6.62. The molecule has 1 aromatic rings. The van der Waals surface area contributed by atoms with Gasteiger partial charge < -0.3 is 10.4 Å². The van der Waals surface area contributed by atoms with E-state index in [1.165, 1.54) is 11.3 Å². The highest BCUT2D eigenvalue weighted by molar-refractivity contribution is 7.16. The fourth-order valence-corrected chi connectivity index (χ4v) is 3.14. The van der Waals surface area contributed by atoms with Gasteiger partial charge in [0.1, 0.15) is 6.10 Å². The third-order valence-corrected chi connectivity index (χ3v) is 4.15. The molecule has 0 bridgehead atoms. The zero-order valence-corrected chi connectivity index (χ0v) is 9.66. The van der Waals surface area contributed by atoms with Crippen LogP contribution in [-0.4, -0.2) is 17.2 Å². The Hall–Kier alpha value is -0.0900. The fraction of sp³-hybridized carbons (Fsp3) is 0.600. The molecule has 1 aromatic heterocycles. The summed E-state index contributed by atoms with van der Waals surface area (Å²) in [6, 6.07) is 3.74. The fourth-order valence-electron chi connectivity index (χ4n) is 1.94. The zero-order valence-electron chi connectivity index (χ0n) is 8.09. The van der Waals surface area contributed by atoms with Crippen LogP contribution in [0, 0.1) is 0 Å².